The van der Waals surface area contributed by atoms with Gasteiger partial charge in [0.05, 0.1) is 22.1 Å². The SMILES string of the molecule is Cc1ccccc1-n1c2ccc3cccc4c3c2-c2c3c(cccc31)ccc2n4-c1ccccc1C. The minimum absolute atomic E-state index is 1.23. The molecule has 0 saturated carbocycles. The molecule has 2 aliphatic heterocycles. The highest BCUT2D eigenvalue weighted by molar-refractivity contribution is 6.26. The zero-order chi connectivity index (χ0) is 24.0. The summed E-state index contributed by atoms with van der Waals surface area (Å²) in [6.45, 7) is 4.42. The molecule has 0 saturated heterocycles. The van der Waals surface area contributed by atoms with Crippen molar-refractivity contribution in [1.82, 2.24) is 9.13 Å². The summed E-state index contributed by atoms with van der Waals surface area (Å²) < 4.78 is 4.95. The van der Waals surface area contributed by atoms with Crippen LogP contribution in [-0.2, 0) is 0 Å². The molecular weight excluding hydrogens is 436 g/mol. The fraction of sp³-hybridized carbons (Fsp3) is 0.0588. The predicted molar refractivity (Wildman–Crippen MR) is 152 cm³/mol. The van der Waals surface area contributed by atoms with E-state index in [1.165, 1.54) is 77.2 Å². The first-order valence-corrected chi connectivity index (χ1v) is 12.6. The second-order valence-electron chi connectivity index (χ2n) is 9.91. The van der Waals surface area contributed by atoms with E-state index in [-0.39, 0.29) is 0 Å². The highest BCUT2D eigenvalue weighted by atomic mass is 15.0. The Morgan fingerprint density at radius 2 is 0.833 bits per heavy atom. The molecule has 2 heterocycles. The molecule has 8 rings (SSSR count). The lowest BCUT2D eigenvalue weighted by Gasteiger charge is -2.29. The van der Waals surface area contributed by atoms with Crippen molar-refractivity contribution in [1.29, 1.82) is 0 Å². The molecule has 0 N–H and O–H groups in total. The Morgan fingerprint density at radius 3 is 1.28 bits per heavy atom. The zero-order valence-electron chi connectivity index (χ0n) is 20.3. The van der Waals surface area contributed by atoms with E-state index < -0.39 is 0 Å². The molecule has 0 amide bonds. The van der Waals surface area contributed by atoms with Gasteiger partial charge in [0.25, 0.3) is 0 Å². The van der Waals surface area contributed by atoms with Crippen molar-refractivity contribution in [2.24, 2.45) is 0 Å². The van der Waals surface area contributed by atoms with Crippen molar-refractivity contribution < 1.29 is 0 Å². The van der Waals surface area contributed by atoms with E-state index in [9.17, 15) is 0 Å². The van der Waals surface area contributed by atoms with Crippen LogP contribution in [0.1, 0.15) is 11.1 Å². The molecule has 0 radical (unpaired) electrons. The summed E-state index contributed by atoms with van der Waals surface area (Å²) in [5.74, 6) is 0. The molecule has 2 aliphatic rings. The van der Waals surface area contributed by atoms with E-state index >= 15 is 0 Å². The number of pyridine rings is 2. The third kappa shape index (κ3) is 2.41. The Labute approximate surface area is 209 Å². The van der Waals surface area contributed by atoms with Crippen molar-refractivity contribution >= 4 is 43.6 Å². The number of benzene rings is 6. The number of aryl methyl sites for hydroxylation is 2. The van der Waals surface area contributed by atoms with Gasteiger partial charge < -0.3 is 9.13 Å². The number of rotatable bonds is 2. The van der Waals surface area contributed by atoms with Crippen LogP contribution in [-0.4, -0.2) is 9.13 Å². The van der Waals surface area contributed by atoms with Crippen LogP contribution < -0.4 is 0 Å². The molecule has 0 fully saturated rings. The highest BCUT2D eigenvalue weighted by Crippen LogP contribution is 2.49. The second kappa shape index (κ2) is 6.99. The molecule has 2 heteroatoms. The Kier molecular flexibility index (Phi) is 3.83. The van der Waals surface area contributed by atoms with Gasteiger partial charge in [-0.25, -0.2) is 0 Å². The molecular formula is C34H24N2. The van der Waals surface area contributed by atoms with E-state index in [0.29, 0.717) is 0 Å². The Hall–Kier alpha value is -4.56. The Bertz CT molecular complexity index is 1920. The average molecular weight is 461 g/mol. The van der Waals surface area contributed by atoms with Crippen molar-refractivity contribution in [2.45, 2.75) is 13.8 Å². The van der Waals surface area contributed by atoms with Crippen LogP contribution in [0, 0.1) is 13.8 Å². The van der Waals surface area contributed by atoms with Crippen LogP contribution in [0.15, 0.2) is 109 Å². The number of aromatic nitrogens is 2. The maximum atomic E-state index is 2.48. The normalized spacial score (nSPS) is 12.2. The van der Waals surface area contributed by atoms with E-state index in [0.717, 1.165) is 0 Å². The fourth-order valence-corrected chi connectivity index (χ4v) is 6.36. The molecule has 0 bridgehead atoms. The standard InChI is InChI=1S/C34H24N2/c1-21-9-3-5-13-25(21)35-27-15-7-11-23-18-20-30-34(31(23)27)33-29(35)19-17-24-12-8-16-28(32(24)33)36(30)26-14-6-4-10-22(26)2/h3-20H,1-2H3. The molecule has 0 aliphatic carbocycles. The first-order valence-electron chi connectivity index (χ1n) is 12.6. The Balaban J connectivity index is 1.73. The summed E-state index contributed by atoms with van der Waals surface area (Å²) in [6, 6.07) is 40.1. The van der Waals surface area contributed by atoms with Crippen LogP contribution >= 0.6 is 0 Å². The van der Waals surface area contributed by atoms with Gasteiger partial charge in [-0.3, -0.25) is 0 Å². The molecule has 36 heavy (non-hydrogen) atoms. The fourth-order valence-electron chi connectivity index (χ4n) is 6.36. The minimum atomic E-state index is 1.23. The molecule has 0 unspecified atom stereocenters. The third-order valence-corrected chi connectivity index (χ3v) is 7.93. The van der Waals surface area contributed by atoms with Crippen molar-refractivity contribution in [3.63, 3.8) is 0 Å². The van der Waals surface area contributed by atoms with Gasteiger partial charge in [0.2, 0.25) is 0 Å². The quantitative estimate of drug-likeness (QED) is 0.180. The van der Waals surface area contributed by atoms with Gasteiger partial charge >= 0.3 is 0 Å². The van der Waals surface area contributed by atoms with Gasteiger partial charge in [-0.1, -0.05) is 72.8 Å². The minimum Gasteiger partial charge on any atom is -0.309 e. The molecule has 6 aromatic rings. The van der Waals surface area contributed by atoms with Crippen LogP contribution in [0.4, 0.5) is 0 Å². The van der Waals surface area contributed by atoms with Crippen molar-refractivity contribution in [2.75, 3.05) is 0 Å². The lowest BCUT2D eigenvalue weighted by atomic mass is 9.87. The van der Waals surface area contributed by atoms with Gasteiger partial charge in [-0.15, -0.1) is 0 Å². The highest BCUT2D eigenvalue weighted by Gasteiger charge is 2.26. The van der Waals surface area contributed by atoms with Crippen LogP contribution in [0.2, 0.25) is 0 Å². The van der Waals surface area contributed by atoms with Crippen LogP contribution in [0.25, 0.3) is 66.1 Å². The molecule has 2 nitrogen and oxygen atoms in total. The summed E-state index contributed by atoms with van der Waals surface area (Å²) >= 11 is 0. The zero-order valence-corrected chi connectivity index (χ0v) is 20.3. The van der Waals surface area contributed by atoms with Crippen LogP contribution in [0.5, 0.6) is 0 Å². The van der Waals surface area contributed by atoms with Crippen molar-refractivity contribution in [3.05, 3.63) is 120 Å². The monoisotopic (exact) mass is 460 g/mol. The molecule has 170 valence electrons. The van der Waals surface area contributed by atoms with E-state index in [1.807, 2.05) is 0 Å². The van der Waals surface area contributed by atoms with Gasteiger partial charge in [0.15, 0.2) is 0 Å². The van der Waals surface area contributed by atoms with E-state index in [2.05, 4.69) is 132 Å². The van der Waals surface area contributed by atoms with E-state index in [4.69, 9.17) is 0 Å². The maximum absolute atomic E-state index is 2.48. The number of para-hydroxylation sites is 2. The summed E-state index contributed by atoms with van der Waals surface area (Å²) in [5.41, 5.74) is 12.7. The van der Waals surface area contributed by atoms with Gasteiger partial charge in [-0.05, 0) is 72.1 Å². The molecule has 6 aromatic carbocycles. The lowest BCUT2D eigenvalue weighted by molar-refractivity contribution is 1.12. The number of nitrogens with zero attached hydrogens (tertiary/aromatic N) is 2. The van der Waals surface area contributed by atoms with Gasteiger partial charge in [-0.2, -0.15) is 0 Å². The smallest absolute Gasteiger partial charge is 0.0548 e. The molecule has 0 aromatic heterocycles. The summed E-state index contributed by atoms with van der Waals surface area (Å²) in [7, 11) is 0. The summed E-state index contributed by atoms with van der Waals surface area (Å²) in [5, 5.41) is 5.20. The van der Waals surface area contributed by atoms with Crippen LogP contribution in [0.3, 0.4) is 0 Å². The average Bonchev–Trinajstić information content (AvgIpc) is 2.91. The summed E-state index contributed by atoms with van der Waals surface area (Å²) in [4.78, 5) is 0. The largest absolute Gasteiger partial charge is 0.309 e. The predicted octanol–water partition coefficient (Wildman–Crippen LogP) is 9.04. The van der Waals surface area contributed by atoms with Gasteiger partial charge in [0, 0.05) is 33.3 Å². The molecule has 0 atom stereocenters. The molecule has 0 spiro atoms. The number of hydrogen-bond acceptors (Lipinski definition) is 0. The van der Waals surface area contributed by atoms with E-state index in [1.54, 1.807) is 0 Å². The lowest BCUT2D eigenvalue weighted by Crippen LogP contribution is -2.10. The summed E-state index contributed by atoms with van der Waals surface area (Å²) in [6.07, 6.45) is 0. The third-order valence-electron chi connectivity index (χ3n) is 7.93. The number of hydrogen-bond donors (Lipinski definition) is 0. The Morgan fingerprint density at radius 1 is 0.389 bits per heavy atom. The van der Waals surface area contributed by atoms with Crippen molar-refractivity contribution in [3.8, 4) is 22.5 Å². The maximum Gasteiger partial charge on any atom is 0.0548 e. The second-order valence-corrected chi connectivity index (χ2v) is 9.91. The first kappa shape index (κ1) is 19.7. The topological polar surface area (TPSA) is 9.86 Å². The van der Waals surface area contributed by atoms with Gasteiger partial charge in [0.1, 0.15) is 0 Å². The first-order chi connectivity index (χ1) is 17.7.